The molecule has 0 unspecified atom stereocenters. The first-order chi connectivity index (χ1) is 26.5. The number of furan rings is 1. The van der Waals surface area contributed by atoms with Gasteiger partial charge in [-0.15, -0.1) is 0 Å². The molecule has 5 nitrogen and oxygen atoms in total. The van der Waals surface area contributed by atoms with Crippen LogP contribution < -0.4 is 4.74 Å². The third-order valence-corrected chi connectivity index (χ3v) is 11.4. The SMILES string of the molecule is CC(C)c1cccc(C(C)C)c1-c1ccnc(-c2cccc(Oc3cc4c5cc(C(C)(C)C)ccc5n5c6cccc7oc8ccnc(c(c3)c45)c8c76)c2)c1. The Bertz CT molecular complexity index is 3090. The van der Waals surface area contributed by atoms with Crippen LogP contribution in [0.1, 0.15) is 77.0 Å². The first-order valence-corrected chi connectivity index (χ1v) is 19.4. The quantitative estimate of drug-likeness (QED) is 0.172. The smallest absolute Gasteiger partial charge is 0.139 e. The van der Waals surface area contributed by atoms with Crippen molar-refractivity contribution < 1.29 is 9.15 Å². The van der Waals surface area contributed by atoms with E-state index < -0.39 is 0 Å². The summed E-state index contributed by atoms with van der Waals surface area (Å²) in [6, 6.07) is 38.9. The van der Waals surface area contributed by atoms with E-state index in [2.05, 4.69) is 150 Å². The minimum Gasteiger partial charge on any atom is -0.457 e. The van der Waals surface area contributed by atoms with Crippen LogP contribution in [0.3, 0.4) is 0 Å². The molecule has 0 N–H and O–H groups in total. The molecule has 10 aromatic rings. The lowest BCUT2D eigenvalue weighted by molar-refractivity contribution is 0.484. The van der Waals surface area contributed by atoms with E-state index >= 15 is 0 Å². The highest BCUT2D eigenvalue weighted by Crippen LogP contribution is 2.45. The summed E-state index contributed by atoms with van der Waals surface area (Å²) in [5.74, 6) is 2.30. The van der Waals surface area contributed by atoms with E-state index in [1.165, 1.54) is 33.2 Å². The largest absolute Gasteiger partial charge is 0.457 e. The second-order valence-electron chi connectivity index (χ2n) is 16.6. The molecule has 0 amide bonds. The van der Waals surface area contributed by atoms with E-state index in [9.17, 15) is 0 Å². The molecule has 5 heterocycles. The van der Waals surface area contributed by atoms with Crippen LogP contribution in [0.4, 0.5) is 0 Å². The number of nitrogens with zero attached hydrogens (tertiary/aromatic N) is 3. The molecule has 5 aromatic carbocycles. The number of fused-ring (bicyclic) bond motifs is 5. The normalized spacial score (nSPS) is 12.6. The average molecular weight is 718 g/mol. The maximum atomic E-state index is 6.87. The minimum absolute atomic E-state index is 0.0134. The molecule has 55 heavy (non-hydrogen) atoms. The lowest BCUT2D eigenvalue weighted by atomic mass is 9.85. The van der Waals surface area contributed by atoms with Crippen LogP contribution in [0, 0.1) is 0 Å². The highest BCUT2D eigenvalue weighted by Gasteiger charge is 2.24. The number of pyridine rings is 2. The fraction of sp³-hybridized carbons (Fsp3) is 0.200. The molecule has 10 rings (SSSR count). The lowest BCUT2D eigenvalue weighted by Crippen LogP contribution is -2.10. The zero-order valence-electron chi connectivity index (χ0n) is 32.4. The summed E-state index contributed by atoms with van der Waals surface area (Å²) in [7, 11) is 0. The van der Waals surface area contributed by atoms with E-state index in [1.54, 1.807) is 0 Å². The molecule has 0 aliphatic rings. The molecule has 0 saturated carbocycles. The molecule has 0 bridgehead atoms. The molecule has 0 radical (unpaired) electrons. The van der Waals surface area contributed by atoms with E-state index in [-0.39, 0.29) is 5.41 Å². The highest BCUT2D eigenvalue weighted by molar-refractivity contribution is 6.29. The molecule has 0 fully saturated rings. The van der Waals surface area contributed by atoms with Gasteiger partial charge in [-0.05, 0) is 112 Å². The summed E-state index contributed by atoms with van der Waals surface area (Å²) in [4.78, 5) is 9.90. The Hall–Kier alpha value is -6.20. The number of ether oxygens (including phenoxy) is 1. The van der Waals surface area contributed by atoms with Crippen molar-refractivity contribution in [2.24, 2.45) is 0 Å². The number of aromatic nitrogens is 3. The summed E-state index contributed by atoms with van der Waals surface area (Å²) in [5.41, 5.74) is 14.3. The second-order valence-corrected chi connectivity index (χ2v) is 16.6. The topological polar surface area (TPSA) is 52.6 Å². The van der Waals surface area contributed by atoms with Crippen molar-refractivity contribution in [2.45, 2.75) is 65.7 Å². The van der Waals surface area contributed by atoms with E-state index in [0.717, 1.165) is 77.5 Å². The fourth-order valence-corrected chi connectivity index (χ4v) is 8.70. The van der Waals surface area contributed by atoms with Crippen LogP contribution in [0.25, 0.3) is 82.5 Å². The molecule has 0 saturated heterocycles. The molecule has 270 valence electrons. The monoisotopic (exact) mass is 717 g/mol. The molecule has 5 heteroatoms. The summed E-state index contributed by atoms with van der Waals surface area (Å²) in [6.07, 6.45) is 3.78. The standard InChI is InChI=1S/C50H43N3O2/c1-28(2)35-13-9-14-36(29(3)4)45(35)31-19-21-51-40(24-31)30-11-8-12-33(23-30)54-34-26-38-37-25-32(50(5,6)7)17-18-41(37)53-42-15-10-16-43-46(42)47-44(55-43)20-22-52-48(47)39(27-34)49(38)53/h8-29H,1-7H3. The van der Waals surface area contributed by atoms with Gasteiger partial charge in [0.25, 0.3) is 0 Å². The molecular weight excluding hydrogens is 675 g/mol. The summed E-state index contributed by atoms with van der Waals surface area (Å²) >= 11 is 0. The van der Waals surface area contributed by atoms with Gasteiger partial charge in [0, 0.05) is 34.1 Å². The maximum absolute atomic E-state index is 6.87. The van der Waals surface area contributed by atoms with Crippen LogP contribution in [0.5, 0.6) is 11.5 Å². The van der Waals surface area contributed by atoms with Crippen LogP contribution in [-0.2, 0) is 5.41 Å². The second kappa shape index (κ2) is 12.2. The summed E-state index contributed by atoms with van der Waals surface area (Å²) in [6.45, 7) is 15.9. The van der Waals surface area contributed by atoms with Gasteiger partial charge < -0.3 is 13.6 Å². The van der Waals surface area contributed by atoms with Gasteiger partial charge in [-0.25, -0.2) is 0 Å². The van der Waals surface area contributed by atoms with Gasteiger partial charge in [-0.1, -0.05) is 90.9 Å². The molecule has 0 spiro atoms. The predicted molar refractivity (Wildman–Crippen MR) is 228 cm³/mol. The summed E-state index contributed by atoms with van der Waals surface area (Å²) in [5, 5.41) is 5.43. The zero-order valence-corrected chi connectivity index (χ0v) is 32.4. The number of rotatable bonds is 6. The van der Waals surface area contributed by atoms with Crippen LogP contribution in [-0.4, -0.2) is 14.4 Å². The summed E-state index contributed by atoms with van der Waals surface area (Å²) < 4.78 is 15.7. The van der Waals surface area contributed by atoms with Gasteiger partial charge in [-0.3, -0.25) is 9.97 Å². The van der Waals surface area contributed by atoms with Gasteiger partial charge in [0.15, 0.2) is 0 Å². The third-order valence-electron chi connectivity index (χ3n) is 11.4. The van der Waals surface area contributed by atoms with Crippen molar-refractivity contribution in [3.63, 3.8) is 0 Å². The Morgan fingerprint density at radius 3 is 2.11 bits per heavy atom. The van der Waals surface area contributed by atoms with Crippen LogP contribution in [0.2, 0.25) is 0 Å². The van der Waals surface area contributed by atoms with Crippen molar-refractivity contribution in [3.8, 4) is 33.9 Å². The van der Waals surface area contributed by atoms with Gasteiger partial charge >= 0.3 is 0 Å². The lowest BCUT2D eigenvalue weighted by Gasteiger charge is -2.20. The maximum Gasteiger partial charge on any atom is 0.139 e. The Labute approximate surface area is 320 Å². The van der Waals surface area contributed by atoms with E-state index in [0.29, 0.717) is 11.8 Å². The Kier molecular flexibility index (Phi) is 7.38. The average Bonchev–Trinajstić information content (AvgIpc) is 3.69. The highest BCUT2D eigenvalue weighted by atomic mass is 16.5. The van der Waals surface area contributed by atoms with Crippen molar-refractivity contribution in [1.29, 1.82) is 0 Å². The van der Waals surface area contributed by atoms with Crippen LogP contribution >= 0.6 is 0 Å². The predicted octanol–water partition coefficient (Wildman–Crippen LogP) is 14.2. The van der Waals surface area contributed by atoms with Gasteiger partial charge in [-0.2, -0.15) is 0 Å². The molecule has 0 aliphatic carbocycles. The molecule has 5 aromatic heterocycles. The zero-order chi connectivity index (χ0) is 37.7. The van der Waals surface area contributed by atoms with E-state index in [1.807, 2.05) is 24.5 Å². The van der Waals surface area contributed by atoms with Crippen molar-refractivity contribution in [2.75, 3.05) is 0 Å². The number of hydrogen-bond acceptors (Lipinski definition) is 4. The van der Waals surface area contributed by atoms with E-state index in [4.69, 9.17) is 19.1 Å². The Morgan fingerprint density at radius 2 is 1.33 bits per heavy atom. The Morgan fingerprint density at radius 1 is 0.600 bits per heavy atom. The Balaban J connectivity index is 1.16. The van der Waals surface area contributed by atoms with Gasteiger partial charge in [0.1, 0.15) is 22.7 Å². The fourth-order valence-electron chi connectivity index (χ4n) is 8.70. The molecular formula is C50H43N3O2. The third kappa shape index (κ3) is 5.20. The van der Waals surface area contributed by atoms with Crippen molar-refractivity contribution in [1.82, 2.24) is 14.4 Å². The number of benzene rings is 5. The van der Waals surface area contributed by atoms with Gasteiger partial charge in [0.2, 0.25) is 0 Å². The molecule has 0 aliphatic heterocycles. The van der Waals surface area contributed by atoms with Crippen molar-refractivity contribution >= 4 is 60.2 Å². The van der Waals surface area contributed by atoms with Crippen molar-refractivity contribution in [3.05, 3.63) is 138 Å². The van der Waals surface area contributed by atoms with Crippen LogP contribution in [0.15, 0.2) is 126 Å². The number of hydrogen-bond donors (Lipinski definition) is 0. The molecule has 0 atom stereocenters. The first kappa shape index (κ1) is 33.4. The van der Waals surface area contributed by atoms with Gasteiger partial charge in [0.05, 0.1) is 38.5 Å². The minimum atomic E-state index is -0.0134. The first-order valence-electron chi connectivity index (χ1n) is 19.4.